The molecule has 6 nitrogen and oxygen atoms in total. The first kappa shape index (κ1) is 20.6. The molecule has 160 valence electrons. The van der Waals surface area contributed by atoms with Gasteiger partial charge in [-0.1, -0.05) is 53.7 Å². The first-order chi connectivity index (χ1) is 15.6. The quantitative estimate of drug-likeness (QED) is 0.266. The highest BCUT2D eigenvalue weighted by Gasteiger charge is 2.28. The zero-order chi connectivity index (χ0) is 22.1. The monoisotopic (exact) mass is 462 g/mol. The summed E-state index contributed by atoms with van der Waals surface area (Å²) in [6.07, 6.45) is 1.20. The molecule has 3 heterocycles. The number of nitrogens with zero attached hydrogens (tertiary/aromatic N) is 3. The molecule has 1 aliphatic rings. The van der Waals surface area contributed by atoms with Crippen molar-refractivity contribution in [3.05, 3.63) is 83.6 Å². The van der Waals surface area contributed by atoms with E-state index in [9.17, 15) is 0 Å². The number of benzene rings is 2. The van der Waals surface area contributed by atoms with Gasteiger partial charge in [0.2, 0.25) is 17.3 Å². The molecule has 0 amide bonds. The van der Waals surface area contributed by atoms with Crippen LogP contribution in [0.1, 0.15) is 17.6 Å². The molecule has 0 radical (unpaired) electrons. The average Bonchev–Trinajstić information content (AvgIpc) is 3.23. The van der Waals surface area contributed by atoms with Crippen LogP contribution in [-0.2, 0) is 0 Å². The van der Waals surface area contributed by atoms with Gasteiger partial charge in [-0.25, -0.2) is 0 Å². The summed E-state index contributed by atoms with van der Waals surface area (Å²) in [4.78, 5) is 4.60. The molecule has 0 bridgehead atoms. The molecule has 0 fully saturated rings. The molecule has 0 saturated carbocycles. The lowest BCUT2D eigenvalue weighted by Crippen LogP contribution is -2.16. The van der Waals surface area contributed by atoms with Gasteiger partial charge in [0.25, 0.3) is 0 Å². The van der Waals surface area contributed by atoms with Crippen molar-refractivity contribution >= 4 is 29.1 Å². The minimum atomic E-state index is -0.598. The number of aryl methyl sites for hydroxylation is 1. The number of rotatable bonds is 5. The van der Waals surface area contributed by atoms with Crippen LogP contribution in [0.5, 0.6) is 5.88 Å². The molecule has 5 rings (SSSR count). The number of halogens is 1. The summed E-state index contributed by atoms with van der Waals surface area (Å²) in [5, 5.41) is 13.2. The lowest BCUT2D eigenvalue weighted by molar-refractivity contribution is 0.196. The molecule has 1 unspecified atom stereocenters. The second-order valence-electron chi connectivity index (χ2n) is 7.20. The molecule has 32 heavy (non-hydrogen) atoms. The van der Waals surface area contributed by atoms with Crippen LogP contribution < -0.4 is 10.1 Å². The Morgan fingerprint density at radius 2 is 2.00 bits per heavy atom. The van der Waals surface area contributed by atoms with Crippen LogP contribution in [0, 0.1) is 6.92 Å². The van der Waals surface area contributed by atoms with Gasteiger partial charge in [-0.2, -0.15) is 4.98 Å². The SMILES string of the molecule is C=CCSc1nnc2c(n1)OC(c1ccc(-c3cc(Cl)ccc3C)o1)Nc1ccccc1-2. The number of ether oxygens (including phenoxy) is 1. The van der Waals surface area contributed by atoms with Crippen LogP contribution in [0.15, 0.2) is 76.8 Å². The number of hydrogen-bond acceptors (Lipinski definition) is 7. The molecule has 0 spiro atoms. The second kappa shape index (κ2) is 8.68. The van der Waals surface area contributed by atoms with E-state index in [0.29, 0.717) is 39.0 Å². The Bertz CT molecular complexity index is 1310. The van der Waals surface area contributed by atoms with Gasteiger partial charge in [0.1, 0.15) is 5.76 Å². The first-order valence-corrected chi connectivity index (χ1v) is 11.4. The smallest absolute Gasteiger partial charge is 0.247 e. The molecule has 4 aromatic rings. The predicted octanol–water partition coefficient (Wildman–Crippen LogP) is 6.54. The minimum Gasteiger partial charge on any atom is -0.455 e. The Hall–Kier alpha value is -3.29. The van der Waals surface area contributed by atoms with Crippen LogP contribution in [0.2, 0.25) is 5.02 Å². The Morgan fingerprint density at radius 1 is 1.12 bits per heavy atom. The number of aromatic nitrogens is 3. The molecule has 0 aliphatic carbocycles. The maximum atomic E-state index is 6.27. The summed E-state index contributed by atoms with van der Waals surface area (Å²) in [6.45, 7) is 5.76. The van der Waals surface area contributed by atoms with Crippen molar-refractivity contribution in [1.29, 1.82) is 0 Å². The molecule has 1 aliphatic heterocycles. The number of furan rings is 1. The Labute approximate surface area is 194 Å². The van der Waals surface area contributed by atoms with E-state index in [4.69, 9.17) is 20.8 Å². The van der Waals surface area contributed by atoms with E-state index in [0.717, 1.165) is 22.4 Å². The van der Waals surface area contributed by atoms with E-state index in [1.165, 1.54) is 11.8 Å². The fraction of sp³-hybridized carbons (Fsp3) is 0.125. The lowest BCUT2D eigenvalue weighted by atomic mass is 10.1. The van der Waals surface area contributed by atoms with Crippen molar-refractivity contribution in [3.63, 3.8) is 0 Å². The van der Waals surface area contributed by atoms with Gasteiger partial charge in [-0.05, 0) is 42.8 Å². The second-order valence-corrected chi connectivity index (χ2v) is 8.62. The molecule has 2 aromatic heterocycles. The number of anilines is 1. The average molecular weight is 463 g/mol. The predicted molar refractivity (Wildman–Crippen MR) is 127 cm³/mol. The van der Waals surface area contributed by atoms with Crippen LogP contribution in [0.25, 0.3) is 22.6 Å². The maximum absolute atomic E-state index is 6.27. The van der Waals surface area contributed by atoms with E-state index in [1.54, 1.807) is 6.08 Å². The van der Waals surface area contributed by atoms with Crippen molar-refractivity contribution in [2.75, 3.05) is 11.1 Å². The number of thioether (sulfide) groups is 1. The fourth-order valence-electron chi connectivity index (χ4n) is 3.47. The largest absolute Gasteiger partial charge is 0.455 e. The normalized spacial score (nSPS) is 14.5. The summed E-state index contributed by atoms with van der Waals surface area (Å²) in [5.74, 6) is 2.40. The summed E-state index contributed by atoms with van der Waals surface area (Å²) in [7, 11) is 0. The van der Waals surface area contributed by atoms with Crippen molar-refractivity contribution in [2.24, 2.45) is 0 Å². The molecular weight excluding hydrogens is 444 g/mol. The lowest BCUT2D eigenvalue weighted by Gasteiger charge is -2.16. The van der Waals surface area contributed by atoms with Crippen LogP contribution in [0.3, 0.4) is 0 Å². The summed E-state index contributed by atoms with van der Waals surface area (Å²) < 4.78 is 12.5. The Morgan fingerprint density at radius 3 is 2.88 bits per heavy atom. The van der Waals surface area contributed by atoms with Crippen LogP contribution in [-0.4, -0.2) is 20.9 Å². The maximum Gasteiger partial charge on any atom is 0.247 e. The number of fused-ring (bicyclic) bond motifs is 3. The topological polar surface area (TPSA) is 73.1 Å². The van der Waals surface area contributed by atoms with Crippen molar-refractivity contribution in [3.8, 4) is 28.5 Å². The zero-order valence-electron chi connectivity index (χ0n) is 17.2. The van der Waals surface area contributed by atoms with E-state index in [-0.39, 0.29) is 0 Å². The van der Waals surface area contributed by atoms with E-state index >= 15 is 0 Å². The Kier molecular flexibility index (Phi) is 5.59. The minimum absolute atomic E-state index is 0.394. The molecular formula is C24H19ClN4O2S. The van der Waals surface area contributed by atoms with E-state index < -0.39 is 6.23 Å². The third kappa shape index (κ3) is 3.97. The van der Waals surface area contributed by atoms with Gasteiger partial charge in [0, 0.05) is 27.6 Å². The third-order valence-corrected chi connectivity index (χ3v) is 6.08. The van der Waals surface area contributed by atoms with Crippen molar-refractivity contribution < 1.29 is 9.15 Å². The standard InChI is InChI=1S/C24H19ClN4O2S/c1-3-12-32-24-27-23-21(28-29-24)16-6-4-5-7-18(16)26-22(31-23)20-11-10-19(30-20)17-13-15(25)9-8-14(17)2/h3-11,13,22,26H,1,12H2,2H3. The van der Waals surface area contributed by atoms with Gasteiger partial charge in [-0.15, -0.1) is 16.8 Å². The molecule has 1 atom stereocenters. The number of hydrogen-bond donors (Lipinski definition) is 1. The highest BCUT2D eigenvalue weighted by atomic mass is 35.5. The molecule has 2 aromatic carbocycles. The molecule has 0 saturated heterocycles. The van der Waals surface area contributed by atoms with E-state index in [2.05, 4.69) is 27.1 Å². The molecule has 1 N–H and O–H groups in total. The Balaban J connectivity index is 1.55. The van der Waals surface area contributed by atoms with Crippen LogP contribution >= 0.6 is 23.4 Å². The summed E-state index contributed by atoms with van der Waals surface area (Å²) in [6, 6.07) is 17.4. The summed E-state index contributed by atoms with van der Waals surface area (Å²) in [5.41, 5.74) is 4.31. The number of nitrogens with one attached hydrogen (secondary N) is 1. The zero-order valence-corrected chi connectivity index (χ0v) is 18.8. The fourth-order valence-corrected chi connectivity index (χ4v) is 4.15. The van der Waals surface area contributed by atoms with Gasteiger partial charge >= 0.3 is 0 Å². The van der Waals surface area contributed by atoms with Crippen LogP contribution in [0.4, 0.5) is 5.69 Å². The highest BCUT2D eigenvalue weighted by molar-refractivity contribution is 7.99. The van der Waals surface area contributed by atoms with E-state index in [1.807, 2.05) is 61.5 Å². The van der Waals surface area contributed by atoms with Gasteiger partial charge in [0.15, 0.2) is 11.5 Å². The van der Waals surface area contributed by atoms with Gasteiger partial charge in [-0.3, -0.25) is 0 Å². The highest BCUT2D eigenvalue weighted by Crippen LogP contribution is 2.40. The summed E-state index contributed by atoms with van der Waals surface area (Å²) >= 11 is 7.64. The number of para-hydroxylation sites is 1. The van der Waals surface area contributed by atoms with Crippen molar-refractivity contribution in [1.82, 2.24) is 15.2 Å². The van der Waals surface area contributed by atoms with Gasteiger partial charge < -0.3 is 14.5 Å². The first-order valence-electron chi connectivity index (χ1n) is 9.99. The van der Waals surface area contributed by atoms with Crippen molar-refractivity contribution in [2.45, 2.75) is 18.3 Å². The molecule has 8 heteroatoms. The third-order valence-electron chi connectivity index (χ3n) is 5.01. The van der Waals surface area contributed by atoms with Gasteiger partial charge in [0.05, 0.1) is 0 Å².